The van der Waals surface area contributed by atoms with E-state index in [4.69, 9.17) is 11.5 Å². The maximum atomic E-state index is 11.3. The summed E-state index contributed by atoms with van der Waals surface area (Å²) in [6, 6.07) is 4.98. The number of anilines is 2. The van der Waals surface area contributed by atoms with E-state index in [0.29, 0.717) is 23.5 Å². The molecule has 0 bridgehead atoms. The van der Waals surface area contributed by atoms with Crippen LogP contribution in [0.5, 0.6) is 0 Å². The molecule has 0 saturated carbocycles. The number of nitrogen functional groups attached to an aromatic ring is 1. The van der Waals surface area contributed by atoms with Crippen molar-refractivity contribution in [1.82, 2.24) is 0 Å². The molecule has 1 aromatic carbocycles. The largest absolute Gasteiger partial charge is 0.399 e. The molecule has 0 aliphatic rings. The first-order valence-corrected chi connectivity index (χ1v) is 7.29. The Kier molecular flexibility index (Phi) is 5.15. The highest BCUT2D eigenvalue weighted by atomic mass is 32.2. The number of rotatable bonds is 6. The van der Waals surface area contributed by atoms with Crippen LogP contribution in [0.3, 0.4) is 0 Å². The monoisotopic (exact) mass is 269 g/mol. The van der Waals surface area contributed by atoms with Crippen LogP contribution in [-0.4, -0.2) is 28.2 Å². The van der Waals surface area contributed by atoms with Crippen molar-refractivity contribution in [2.45, 2.75) is 18.6 Å². The Labute approximate surface area is 109 Å². The zero-order valence-corrected chi connectivity index (χ0v) is 11.4. The molecule has 0 aromatic heterocycles. The predicted molar refractivity (Wildman–Crippen MR) is 76.0 cm³/mol. The molecular formula is C12H19N3O2S. The van der Waals surface area contributed by atoms with E-state index < -0.39 is 16.7 Å². The maximum absolute atomic E-state index is 11.3. The van der Waals surface area contributed by atoms with E-state index in [-0.39, 0.29) is 5.25 Å². The Morgan fingerprint density at radius 3 is 2.72 bits per heavy atom. The van der Waals surface area contributed by atoms with Gasteiger partial charge in [0.25, 0.3) is 5.91 Å². The third kappa shape index (κ3) is 4.03. The maximum Gasteiger partial charge on any atom is 0.250 e. The standard InChI is InChI=1S/C12H19N3O2S/c1-8(18(2)17)5-6-15-11-4-3-9(13)7-10(11)12(14)16/h3-4,7-8,15H,5-6,13H2,1-2H3,(H2,14,16). The van der Waals surface area contributed by atoms with Gasteiger partial charge in [0.05, 0.1) is 5.56 Å². The van der Waals surface area contributed by atoms with Crippen molar-refractivity contribution in [1.29, 1.82) is 0 Å². The summed E-state index contributed by atoms with van der Waals surface area (Å²) in [4.78, 5) is 11.3. The molecule has 5 N–H and O–H groups in total. The van der Waals surface area contributed by atoms with Gasteiger partial charge in [0.2, 0.25) is 0 Å². The third-order valence-electron chi connectivity index (χ3n) is 2.74. The van der Waals surface area contributed by atoms with Crippen LogP contribution >= 0.6 is 0 Å². The Balaban J connectivity index is 2.67. The van der Waals surface area contributed by atoms with Gasteiger partial charge in [-0.2, -0.15) is 0 Å². The number of carbonyl (C=O) groups excluding carboxylic acids is 1. The quantitative estimate of drug-likeness (QED) is 0.669. The molecule has 18 heavy (non-hydrogen) atoms. The van der Waals surface area contributed by atoms with E-state index in [1.807, 2.05) is 6.92 Å². The van der Waals surface area contributed by atoms with Gasteiger partial charge in [0, 0.05) is 40.2 Å². The molecule has 0 radical (unpaired) electrons. The number of nitrogens with one attached hydrogen (secondary N) is 1. The summed E-state index contributed by atoms with van der Waals surface area (Å²) in [5, 5.41) is 3.23. The van der Waals surface area contributed by atoms with E-state index in [0.717, 1.165) is 6.42 Å². The van der Waals surface area contributed by atoms with Crippen molar-refractivity contribution in [2.75, 3.05) is 23.9 Å². The van der Waals surface area contributed by atoms with Crippen LogP contribution in [0.1, 0.15) is 23.7 Å². The fourth-order valence-electron chi connectivity index (χ4n) is 1.50. The molecule has 0 aliphatic heterocycles. The van der Waals surface area contributed by atoms with Gasteiger partial charge >= 0.3 is 0 Å². The number of hydrogen-bond donors (Lipinski definition) is 3. The van der Waals surface area contributed by atoms with Crippen LogP contribution in [0.15, 0.2) is 18.2 Å². The average molecular weight is 269 g/mol. The van der Waals surface area contributed by atoms with E-state index >= 15 is 0 Å². The van der Waals surface area contributed by atoms with Crippen molar-refractivity contribution in [2.24, 2.45) is 5.73 Å². The number of amides is 1. The van der Waals surface area contributed by atoms with Crippen LogP contribution in [0.2, 0.25) is 0 Å². The van der Waals surface area contributed by atoms with Gasteiger partial charge in [-0.3, -0.25) is 9.00 Å². The summed E-state index contributed by atoms with van der Waals surface area (Å²) in [5.41, 5.74) is 12.4. The van der Waals surface area contributed by atoms with Gasteiger partial charge < -0.3 is 16.8 Å². The lowest BCUT2D eigenvalue weighted by Crippen LogP contribution is -2.18. The highest BCUT2D eigenvalue weighted by Crippen LogP contribution is 2.18. The van der Waals surface area contributed by atoms with Gasteiger partial charge in [0.1, 0.15) is 0 Å². The first-order chi connectivity index (χ1) is 8.41. The van der Waals surface area contributed by atoms with Crippen LogP contribution in [0, 0.1) is 0 Å². The molecular weight excluding hydrogens is 250 g/mol. The first-order valence-electron chi connectivity index (χ1n) is 5.67. The van der Waals surface area contributed by atoms with Crippen molar-refractivity contribution in [3.63, 3.8) is 0 Å². The third-order valence-corrected chi connectivity index (χ3v) is 4.11. The lowest BCUT2D eigenvalue weighted by Gasteiger charge is -2.13. The van der Waals surface area contributed by atoms with Crippen molar-refractivity contribution < 1.29 is 9.00 Å². The Hall–Kier alpha value is -1.56. The fourth-order valence-corrected chi connectivity index (χ4v) is 1.95. The van der Waals surface area contributed by atoms with Gasteiger partial charge in [0.15, 0.2) is 0 Å². The summed E-state index contributed by atoms with van der Waals surface area (Å²) in [5.74, 6) is -0.517. The number of primary amides is 1. The summed E-state index contributed by atoms with van der Waals surface area (Å²) in [7, 11) is -0.838. The molecule has 2 unspecified atom stereocenters. The van der Waals surface area contributed by atoms with Crippen LogP contribution in [0.25, 0.3) is 0 Å². The second-order valence-corrected chi connectivity index (χ2v) is 6.00. The summed E-state index contributed by atoms with van der Waals surface area (Å²) < 4.78 is 11.2. The second kappa shape index (κ2) is 6.39. The molecule has 100 valence electrons. The van der Waals surface area contributed by atoms with E-state index in [9.17, 15) is 9.00 Å². The number of nitrogens with two attached hydrogens (primary N) is 2. The first kappa shape index (κ1) is 14.5. The number of benzene rings is 1. The molecule has 2 atom stereocenters. The number of hydrogen-bond acceptors (Lipinski definition) is 4. The Morgan fingerprint density at radius 2 is 2.17 bits per heavy atom. The SMILES string of the molecule is CC(CCNc1ccc(N)cc1C(N)=O)S(C)=O. The molecule has 5 nitrogen and oxygen atoms in total. The smallest absolute Gasteiger partial charge is 0.250 e. The van der Waals surface area contributed by atoms with Crippen LogP contribution in [-0.2, 0) is 10.8 Å². The molecule has 0 heterocycles. The molecule has 0 saturated heterocycles. The molecule has 1 aromatic rings. The lowest BCUT2D eigenvalue weighted by atomic mass is 10.1. The van der Waals surface area contributed by atoms with Gasteiger partial charge in [-0.15, -0.1) is 0 Å². The normalized spacial score (nSPS) is 13.9. The van der Waals surface area contributed by atoms with Crippen LogP contribution < -0.4 is 16.8 Å². The molecule has 0 spiro atoms. The minimum atomic E-state index is -0.838. The molecule has 0 aliphatic carbocycles. The lowest BCUT2D eigenvalue weighted by molar-refractivity contribution is 0.100. The van der Waals surface area contributed by atoms with Crippen molar-refractivity contribution in [3.05, 3.63) is 23.8 Å². The van der Waals surface area contributed by atoms with E-state index in [1.54, 1.807) is 24.5 Å². The minimum Gasteiger partial charge on any atom is -0.399 e. The minimum absolute atomic E-state index is 0.114. The van der Waals surface area contributed by atoms with Gasteiger partial charge in [-0.25, -0.2) is 0 Å². The van der Waals surface area contributed by atoms with Crippen molar-refractivity contribution >= 4 is 28.1 Å². The topological polar surface area (TPSA) is 98.2 Å². The average Bonchev–Trinajstić information content (AvgIpc) is 2.30. The highest BCUT2D eigenvalue weighted by molar-refractivity contribution is 7.84. The number of carbonyl (C=O) groups is 1. The Morgan fingerprint density at radius 1 is 1.50 bits per heavy atom. The van der Waals surface area contributed by atoms with Gasteiger partial charge in [-0.1, -0.05) is 6.92 Å². The zero-order valence-electron chi connectivity index (χ0n) is 10.6. The Bertz CT molecular complexity index is 463. The molecule has 6 heteroatoms. The molecule has 0 fully saturated rings. The fraction of sp³-hybridized carbons (Fsp3) is 0.417. The van der Waals surface area contributed by atoms with Crippen molar-refractivity contribution in [3.8, 4) is 0 Å². The summed E-state index contributed by atoms with van der Waals surface area (Å²) in [6.07, 6.45) is 2.44. The molecule has 1 amide bonds. The van der Waals surface area contributed by atoms with E-state index in [1.165, 1.54) is 0 Å². The highest BCUT2D eigenvalue weighted by Gasteiger charge is 2.10. The zero-order chi connectivity index (χ0) is 13.7. The van der Waals surface area contributed by atoms with E-state index in [2.05, 4.69) is 5.32 Å². The second-order valence-electron chi connectivity index (χ2n) is 4.19. The van der Waals surface area contributed by atoms with Gasteiger partial charge in [-0.05, 0) is 24.6 Å². The summed E-state index contributed by atoms with van der Waals surface area (Å²) in [6.45, 7) is 2.56. The summed E-state index contributed by atoms with van der Waals surface area (Å²) >= 11 is 0. The van der Waals surface area contributed by atoms with Crippen LogP contribution in [0.4, 0.5) is 11.4 Å². The molecule has 1 rings (SSSR count). The predicted octanol–water partition coefficient (Wildman–Crippen LogP) is 0.937.